The minimum Gasteiger partial charge on any atom is -0.345 e. The van der Waals surface area contributed by atoms with E-state index in [4.69, 9.17) is 0 Å². The molecule has 0 aromatic heterocycles. The van der Waals surface area contributed by atoms with Gasteiger partial charge in [0, 0.05) is 24.7 Å². The predicted octanol–water partition coefficient (Wildman–Crippen LogP) is 3.68. The van der Waals surface area contributed by atoms with Gasteiger partial charge in [0.15, 0.2) is 0 Å². The lowest BCUT2D eigenvalue weighted by molar-refractivity contribution is 0.0824. The molecule has 0 aliphatic rings. The van der Waals surface area contributed by atoms with Crippen molar-refractivity contribution >= 4 is 17.7 Å². The number of hydrogen-bond donors (Lipinski definition) is 0. The molecule has 0 aliphatic heterocycles. The summed E-state index contributed by atoms with van der Waals surface area (Å²) in [4.78, 5) is 14.7. The zero-order valence-corrected chi connectivity index (χ0v) is 12.0. The minimum atomic E-state index is 0.0520. The highest BCUT2D eigenvalue weighted by atomic mass is 32.2. The van der Waals surface area contributed by atoms with Gasteiger partial charge in [-0.2, -0.15) is 0 Å². The standard InChI is InChI=1S/C16H17NOS/c1-17(2)16(18)14-10-6-7-11-15(14)19-12-13-8-4-3-5-9-13/h3-11H,12H2,1-2H3. The van der Waals surface area contributed by atoms with Gasteiger partial charge < -0.3 is 4.90 Å². The van der Waals surface area contributed by atoms with Crippen molar-refractivity contribution in [3.8, 4) is 0 Å². The summed E-state index contributed by atoms with van der Waals surface area (Å²) in [5.41, 5.74) is 2.04. The second-order valence-corrected chi connectivity index (χ2v) is 5.49. The number of nitrogens with zero attached hydrogens (tertiary/aromatic N) is 1. The van der Waals surface area contributed by atoms with Gasteiger partial charge in [0.25, 0.3) is 5.91 Å². The number of amides is 1. The Morgan fingerprint density at radius 2 is 1.63 bits per heavy atom. The van der Waals surface area contributed by atoms with Gasteiger partial charge in [0.1, 0.15) is 0 Å². The molecule has 1 amide bonds. The monoisotopic (exact) mass is 271 g/mol. The molecular formula is C16H17NOS. The SMILES string of the molecule is CN(C)C(=O)c1ccccc1SCc1ccccc1. The maximum absolute atomic E-state index is 12.1. The molecule has 2 rings (SSSR count). The van der Waals surface area contributed by atoms with E-state index in [1.807, 2.05) is 42.5 Å². The van der Waals surface area contributed by atoms with Crippen LogP contribution in [0.1, 0.15) is 15.9 Å². The van der Waals surface area contributed by atoms with Gasteiger partial charge in [-0.25, -0.2) is 0 Å². The fourth-order valence-corrected chi connectivity index (χ4v) is 2.75. The first-order chi connectivity index (χ1) is 9.18. The van der Waals surface area contributed by atoms with Crippen LogP contribution >= 0.6 is 11.8 Å². The van der Waals surface area contributed by atoms with E-state index in [2.05, 4.69) is 12.1 Å². The second-order valence-electron chi connectivity index (χ2n) is 4.47. The van der Waals surface area contributed by atoms with Crippen LogP contribution in [-0.4, -0.2) is 24.9 Å². The Bertz CT molecular complexity index is 552. The fraction of sp³-hybridized carbons (Fsp3) is 0.188. The molecule has 0 unspecified atom stereocenters. The van der Waals surface area contributed by atoms with E-state index in [-0.39, 0.29) is 5.91 Å². The van der Waals surface area contributed by atoms with Crippen LogP contribution in [0.25, 0.3) is 0 Å². The van der Waals surface area contributed by atoms with Crippen LogP contribution in [0.5, 0.6) is 0 Å². The third-order valence-electron chi connectivity index (χ3n) is 2.76. The Morgan fingerprint density at radius 1 is 1.00 bits per heavy atom. The van der Waals surface area contributed by atoms with Crippen molar-refractivity contribution in [3.63, 3.8) is 0 Å². The van der Waals surface area contributed by atoms with Crippen molar-refractivity contribution in [3.05, 3.63) is 65.7 Å². The van der Waals surface area contributed by atoms with E-state index < -0.39 is 0 Å². The van der Waals surface area contributed by atoms with Crippen LogP contribution in [0.4, 0.5) is 0 Å². The number of thioether (sulfide) groups is 1. The van der Waals surface area contributed by atoms with E-state index in [1.54, 1.807) is 30.8 Å². The molecule has 0 heterocycles. The number of carbonyl (C=O) groups is 1. The van der Waals surface area contributed by atoms with Gasteiger partial charge in [-0.15, -0.1) is 11.8 Å². The molecule has 0 atom stereocenters. The lowest BCUT2D eigenvalue weighted by atomic mass is 10.2. The smallest absolute Gasteiger partial charge is 0.254 e. The highest BCUT2D eigenvalue weighted by molar-refractivity contribution is 7.98. The molecule has 0 radical (unpaired) electrons. The van der Waals surface area contributed by atoms with E-state index >= 15 is 0 Å². The summed E-state index contributed by atoms with van der Waals surface area (Å²) in [6, 6.07) is 18.0. The molecule has 98 valence electrons. The average Bonchev–Trinajstić information content (AvgIpc) is 2.45. The van der Waals surface area contributed by atoms with Gasteiger partial charge in [-0.1, -0.05) is 42.5 Å². The Hall–Kier alpha value is -1.74. The van der Waals surface area contributed by atoms with Crippen LogP contribution in [0.3, 0.4) is 0 Å². The number of hydrogen-bond acceptors (Lipinski definition) is 2. The summed E-state index contributed by atoms with van der Waals surface area (Å²) < 4.78 is 0. The Kier molecular flexibility index (Phi) is 4.63. The first-order valence-electron chi connectivity index (χ1n) is 6.16. The zero-order valence-electron chi connectivity index (χ0n) is 11.2. The number of benzene rings is 2. The quantitative estimate of drug-likeness (QED) is 0.791. The summed E-state index contributed by atoms with van der Waals surface area (Å²) in [7, 11) is 3.56. The Morgan fingerprint density at radius 3 is 2.32 bits per heavy atom. The van der Waals surface area contributed by atoms with Crippen molar-refractivity contribution < 1.29 is 4.79 Å². The Labute approximate surface area is 118 Å². The van der Waals surface area contributed by atoms with Gasteiger partial charge in [-0.3, -0.25) is 4.79 Å². The molecule has 0 spiro atoms. The number of rotatable bonds is 4. The summed E-state index contributed by atoms with van der Waals surface area (Å²) in [6.07, 6.45) is 0. The molecule has 0 fully saturated rings. The second kappa shape index (κ2) is 6.43. The molecule has 3 heteroatoms. The third kappa shape index (κ3) is 3.61. The first kappa shape index (κ1) is 13.7. The maximum Gasteiger partial charge on any atom is 0.254 e. The molecule has 2 aromatic rings. The summed E-state index contributed by atoms with van der Waals surface area (Å²) in [5.74, 6) is 0.926. The van der Waals surface area contributed by atoms with Crippen molar-refractivity contribution in [2.45, 2.75) is 10.6 Å². The molecule has 0 N–H and O–H groups in total. The van der Waals surface area contributed by atoms with Crippen molar-refractivity contribution in [2.75, 3.05) is 14.1 Å². The van der Waals surface area contributed by atoms with Gasteiger partial charge in [-0.05, 0) is 17.7 Å². The molecule has 19 heavy (non-hydrogen) atoms. The van der Waals surface area contributed by atoms with Crippen LogP contribution in [0.15, 0.2) is 59.5 Å². The topological polar surface area (TPSA) is 20.3 Å². The molecule has 0 bridgehead atoms. The molecule has 2 aromatic carbocycles. The van der Waals surface area contributed by atoms with Crippen LogP contribution in [-0.2, 0) is 5.75 Å². The first-order valence-corrected chi connectivity index (χ1v) is 7.14. The predicted molar refractivity (Wildman–Crippen MR) is 80.5 cm³/mol. The van der Waals surface area contributed by atoms with Gasteiger partial charge in [0.2, 0.25) is 0 Å². The summed E-state index contributed by atoms with van der Waals surface area (Å²) in [6.45, 7) is 0. The number of carbonyl (C=O) groups excluding carboxylic acids is 1. The normalized spacial score (nSPS) is 10.2. The van der Waals surface area contributed by atoms with Crippen molar-refractivity contribution in [1.29, 1.82) is 0 Å². The van der Waals surface area contributed by atoms with E-state index in [0.29, 0.717) is 0 Å². The van der Waals surface area contributed by atoms with Gasteiger partial charge >= 0.3 is 0 Å². The average molecular weight is 271 g/mol. The molecule has 0 saturated heterocycles. The Balaban J connectivity index is 2.14. The molecular weight excluding hydrogens is 254 g/mol. The lowest BCUT2D eigenvalue weighted by Crippen LogP contribution is -2.22. The zero-order chi connectivity index (χ0) is 13.7. The van der Waals surface area contributed by atoms with Crippen LogP contribution in [0.2, 0.25) is 0 Å². The summed E-state index contributed by atoms with van der Waals surface area (Å²) in [5, 5.41) is 0. The minimum absolute atomic E-state index is 0.0520. The van der Waals surface area contributed by atoms with E-state index in [1.165, 1.54) is 5.56 Å². The van der Waals surface area contributed by atoms with Gasteiger partial charge in [0.05, 0.1) is 5.56 Å². The highest BCUT2D eigenvalue weighted by Gasteiger charge is 2.12. The van der Waals surface area contributed by atoms with Crippen LogP contribution in [0, 0.1) is 0 Å². The van der Waals surface area contributed by atoms with Crippen molar-refractivity contribution in [2.24, 2.45) is 0 Å². The van der Waals surface area contributed by atoms with E-state index in [0.717, 1.165) is 16.2 Å². The van der Waals surface area contributed by atoms with Crippen LogP contribution < -0.4 is 0 Å². The molecule has 0 saturated carbocycles. The maximum atomic E-state index is 12.1. The third-order valence-corrected chi connectivity index (χ3v) is 3.91. The highest BCUT2D eigenvalue weighted by Crippen LogP contribution is 2.26. The molecule has 2 nitrogen and oxygen atoms in total. The summed E-state index contributed by atoms with van der Waals surface area (Å²) >= 11 is 1.70. The van der Waals surface area contributed by atoms with Crippen molar-refractivity contribution in [1.82, 2.24) is 4.90 Å². The van der Waals surface area contributed by atoms with E-state index in [9.17, 15) is 4.79 Å². The largest absolute Gasteiger partial charge is 0.345 e. The molecule has 0 aliphatic carbocycles. The lowest BCUT2D eigenvalue weighted by Gasteiger charge is -2.13. The fourth-order valence-electron chi connectivity index (χ4n) is 1.75.